The van der Waals surface area contributed by atoms with Gasteiger partial charge in [-0.2, -0.15) is 4.98 Å². The molecule has 1 amide bonds. The topological polar surface area (TPSA) is 77.3 Å². The number of rotatable bonds is 8. The zero-order valence-electron chi connectivity index (χ0n) is 17.0. The molecule has 0 radical (unpaired) electrons. The number of halogens is 2. The van der Waals surface area contributed by atoms with Crippen molar-refractivity contribution in [2.45, 2.75) is 39.5 Å². The highest BCUT2D eigenvalue weighted by Crippen LogP contribution is 2.31. The summed E-state index contributed by atoms with van der Waals surface area (Å²) in [6.45, 7) is 6.26. The monoisotopic (exact) mass is 447 g/mol. The van der Waals surface area contributed by atoms with Gasteiger partial charge in [-0.1, -0.05) is 54.3 Å². The van der Waals surface area contributed by atoms with E-state index in [1.165, 1.54) is 0 Å². The van der Waals surface area contributed by atoms with E-state index >= 15 is 0 Å². The Morgan fingerprint density at radius 2 is 2.03 bits per heavy atom. The second kappa shape index (κ2) is 9.96. The molecule has 8 heteroatoms. The number of carbonyl (C=O) groups is 1. The zero-order chi connectivity index (χ0) is 21.7. The third-order valence-corrected chi connectivity index (χ3v) is 4.96. The van der Waals surface area contributed by atoms with Crippen LogP contribution in [0.2, 0.25) is 10.0 Å². The lowest BCUT2D eigenvalue weighted by molar-refractivity contribution is -0.116. The first kappa shape index (κ1) is 22.1. The van der Waals surface area contributed by atoms with E-state index in [0.717, 1.165) is 5.56 Å². The predicted octanol–water partition coefficient (Wildman–Crippen LogP) is 6.27. The maximum Gasteiger partial charge on any atom is 0.260 e. The summed E-state index contributed by atoms with van der Waals surface area (Å²) in [5.74, 6) is 1.58. The van der Waals surface area contributed by atoms with Crippen molar-refractivity contribution in [1.82, 2.24) is 10.1 Å². The molecule has 3 aromatic rings. The van der Waals surface area contributed by atoms with Crippen LogP contribution in [0.25, 0.3) is 11.5 Å². The minimum atomic E-state index is -0.125. The molecule has 1 N–H and O–H groups in total. The molecule has 0 saturated carbocycles. The zero-order valence-corrected chi connectivity index (χ0v) is 18.5. The number of nitrogens with one attached hydrogen (secondary N) is 1. The molecule has 3 rings (SSSR count). The smallest absolute Gasteiger partial charge is 0.260 e. The van der Waals surface area contributed by atoms with Gasteiger partial charge in [-0.05, 0) is 43.2 Å². The van der Waals surface area contributed by atoms with Gasteiger partial charge in [0.05, 0.1) is 22.9 Å². The minimum absolute atomic E-state index is 0.125. The van der Waals surface area contributed by atoms with Crippen LogP contribution >= 0.6 is 23.2 Å². The molecular formula is C22H23Cl2N3O3. The van der Waals surface area contributed by atoms with Crippen LogP contribution in [-0.2, 0) is 4.79 Å². The van der Waals surface area contributed by atoms with Gasteiger partial charge in [-0.15, -0.1) is 0 Å². The lowest BCUT2D eigenvalue weighted by atomic mass is 10.1. The highest BCUT2D eigenvalue weighted by Gasteiger charge is 2.17. The van der Waals surface area contributed by atoms with Crippen LogP contribution in [0, 0.1) is 6.92 Å². The molecule has 0 aliphatic carbocycles. The van der Waals surface area contributed by atoms with E-state index in [1.54, 1.807) is 18.2 Å². The van der Waals surface area contributed by atoms with Crippen molar-refractivity contribution in [2.24, 2.45) is 0 Å². The molecule has 0 spiro atoms. The Morgan fingerprint density at radius 1 is 1.23 bits per heavy atom. The largest absolute Gasteiger partial charge is 0.492 e. The highest BCUT2D eigenvalue weighted by atomic mass is 35.5. The fourth-order valence-electron chi connectivity index (χ4n) is 2.80. The second-order valence-corrected chi connectivity index (χ2v) is 8.03. The summed E-state index contributed by atoms with van der Waals surface area (Å²) in [6, 6.07) is 10.7. The molecule has 0 fully saturated rings. The van der Waals surface area contributed by atoms with Gasteiger partial charge >= 0.3 is 0 Å². The Labute approximate surface area is 185 Å². The summed E-state index contributed by atoms with van der Waals surface area (Å²) in [5.41, 5.74) is 2.28. The lowest BCUT2D eigenvalue weighted by Crippen LogP contribution is -2.14. The van der Waals surface area contributed by atoms with Gasteiger partial charge in [0.2, 0.25) is 5.91 Å². The van der Waals surface area contributed by atoms with Crippen LogP contribution in [0.1, 0.15) is 44.0 Å². The molecule has 30 heavy (non-hydrogen) atoms. The molecule has 0 aliphatic rings. The summed E-state index contributed by atoms with van der Waals surface area (Å²) in [4.78, 5) is 16.9. The van der Waals surface area contributed by atoms with E-state index in [-0.39, 0.29) is 11.8 Å². The van der Waals surface area contributed by atoms with Gasteiger partial charge in [-0.3, -0.25) is 4.79 Å². The Bertz CT molecular complexity index is 1030. The number of hydrogen-bond donors (Lipinski definition) is 1. The number of aromatic nitrogens is 2. The first-order chi connectivity index (χ1) is 14.3. The standard InChI is InChI=1S/C22H23Cl2N3O3/c1-13(2)21-26-22(30-27-21)16-7-4-6-14(3)20(16)25-19(28)8-5-11-29-18-10-9-15(23)12-17(18)24/h4,6-7,9-10,12-13H,5,8,11H2,1-3H3,(H,25,28). The minimum Gasteiger partial charge on any atom is -0.492 e. The van der Waals surface area contributed by atoms with Crippen molar-refractivity contribution in [1.29, 1.82) is 0 Å². The molecule has 1 heterocycles. The van der Waals surface area contributed by atoms with Crippen LogP contribution in [0.4, 0.5) is 5.69 Å². The third kappa shape index (κ3) is 5.52. The van der Waals surface area contributed by atoms with E-state index < -0.39 is 0 Å². The normalized spacial score (nSPS) is 11.0. The molecule has 1 aromatic heterocycles. The first-order valence-corrected chi connectivity index (χ1v) is 10.4. The van der Waals surface area contributed by atoms with Crippen LogP contribution < -0.4 is 10.1 Å². The Hall–Kier alpha value is -2.57. The lowest BCUT2D eigenvalue weighted by Gasteiger charge is -2.12. The molecule has 2 aromatic carbocycles. The van der Waals surface area contributed by atoms with E-state index in [4.69, 9.17) is 32.5 Å². The Balaban J connectivity index is 1.61. The quantitative estimate of drug-likeness (QED) is 0.411. The number of amides is 1. The average molecular weight is 448 g/mol. The number of aryl methyl sites for hydroxylation is 1. The Morgan fingerprint density at radius 3 is 2.73 bits per heavy atom. The molecule has 0 aliphatic heterocycles. The number of hydrogen-bond acceptors (Lipinski definition) is 5. The van der Waals surface area contributed by atoms with Crippen molar-refractivity contribution in [3.8, 4) is 17.2 Å². The number of benzene rings is 2. The number of ether oxygens (including phenoxy) is 1. The van der Waals surface area contributed by atoms with E-state index in [1.807, 2.05) is 39.0 Å². The summed E-state index contributed by atoms with van der Waals surface area (Å²) < 4.78 is 11.0. The molecule has 0 bridgehead atoms. The number of carbonyl (C=O) groups excluding carboxylic acids is 1. The van der Waals surface area contributed by atoms with Gasteiger partial charge in [0.1, 0.15) is 5.75 Å². The Kier molecular flexibility index (Phi) is 7.34. The fourth-order valence-corrected chi connectivity index (χ4v) is 3.26. The summed E-state index contributed by atoms with van der Waals surface area (Å²) in [5, 5.41) is 7.96. The third-order valence-electron chi connectivity index (χ3n) is 4.43. The summed E-state index contributed by atoms with van der Waals surface area (Å²) >= 11 is 12.0. The number of nitrogens with zero attached hydrogens (tertiary/aromatic N) is 2. The van der Waals surface area contributed by atoms with Crippen LogP contribution in [0.15, 0.2) is 40.9 Å². The maximum absolute atomic E-state index is 12.5. The van der Waals surface area contributed by atoms with Crippen molar-refractivity contribution < 1.29 is 14.1 Å². The molecule has 158 valence electrons. The van der Waals surface area contributed by atoms with E-state index in [0.29, 0.717) is 58.2 Å². The SMILES string of the molecule is Cc1cccc(-c2nc(C(C)C)no2)c1NC(=O)CCCOc1ccc(Cl)cc1Cl. The van der Waals surface area contributed by atoms with Gasteiger partial charge in [0, 0.05) is 17.4 Å². The van der Waals surface area contributed by atoms with Crippen molar-refractivity contribution in [2.75, 3.05) is 11.9 Å². The molecule has 0 unspecified atom stereocenters. The van der Waals surface area contributed by atoms with E-state index in [9.17, 15) is 4.79 Å². The van der Waals surface area contributed by atoms with Crippen molar-refractivity contribution >= 4 is 34.8 Å². The van der Waals surface area contributed by atoms with Crippen molar-refractivity contribution in [3.63, 3.8) is 0 Å². The summed E-state index contributed by atoms with van der Waals surface area (Å²) in [6.07, 6.45) is 0.824. The second-order valence-electron chi connectivity index (χ2n) is 7.18. The average Bonchev–Trinajstić information content (AvgIpc) is 3.18. The molecule has 0 atom stereocenters. The van der Waals surface area contributed by atoms with Crippen molar-refractivity contribution in [3.05, 3.63) is 57.8 Å². The van der Waals surface area contributed by atoms with Crippen LogP contribution in [-0.4, -0.2) is 22.7 Å². The maximum atomic E-state index is 12.5. The number of anilines is 1. The van der Waals surface area contributed by atoms with Gasteiger partial charge in [-0.25, -0.2) is 0 Å². The summed E-state index contributed by atoms with van der Waals surface area (Å²) in [7, 11) is 0. The van der Waals surface area contributed by atoms with Crippen LogP contribution in [0.5, 0.6) is 5.75 Å². The van der Waals surface area contributed by atoms with Crippen LogP contribution in [0.3, 0.4) is 0 Å². The molecule has 0 saturated heterocycles. The molecule has 6 nitrogen and oxygen atoms in total. The highest BCUT2D eigenvalue weighted by molar-refractivity contribution is 6.35. The van der Waals surface area contributed by atoms with E-state index in [2.05, 4.69) is 15.5 Å². The molecular weight excluding hydrogens is 425 g/mol. The fraction of sp³-hybridized carbons (Fsp3) is 0.318. The predicted molar refractivity (Wildman–Crippen MR) is 118 cm³/mol. The van der Waals surface area contributed by atoms with Gasteiger partial charge < -0.3 is 14.6 Å². The van der Waals surface area contributed by atoms with Gasteiger partial charge in [0.15, 0.2) is 5.82 Å². The number of para-hydroxylation sites is 1. The van der Waals surface area contributed by atoms with Gasteiger partial charge in [0.25, 0.3) is 5.89 Å². The first-order valence-electron chi connectivity index (χ1n) is 9.66.